The van der Waals surface area contributed by atoms with Crippen molar-refractivity contribution in [1.29, 1.82) is 0 Å². The first kappa shape index (κ1) is 9.16. The van der Waals surface area contributed by atoms with Crippen LogP contribution in [0.1, 0.15) is 18.1 Å². The van der Waals surface area contributed by atoms with E-state index in [0.717, 1.165) is 0 Å². The molecule has 0 aromatic heterocycles. The van der Waals surface area contributed by atoms with Crippen molar-refractivity contribution < 1.29 is 14.6 Å². The zero-order valence-electron chi connectivity index (χ0n) is 6.57. The van der Waals surface area contributed by atoms with Gasteiger partial charge in [0, 0.05) is 13.0 Å². The largest absolute Gasteiger partial charge is 0.396 e. The van der Waals surface area contributed by atoms with Gasteiger partial charge in [-0.05, 0) is 17.7 Å². The second-order valence-corrected chi connectivity index (χ2v) is 2.58. The SMILES string of the molecule is OCC[C@H](O)c1ccc(F)cc1. The molecule has 66 valence electrons. The van der Waals surface area contributed by atoms with E-state index in [9.17, 15) is 9.50 Å². The Bertz CT molecular complexity index is 233. The second-order valence-electron chi connectivity index (χ2n) is 2.58. The summed E-state index contributed by atoms with van der Waals surface area (Å²) in [5.74, 6) is -0.324. The molecule has 0 aliphatic heterocycles. The van der Waals surface area contributed by atoms with Crippen molar-refractivity contribution in [2.75, 3.05) is 6.61 Å². The topological polar surface area (TPSA) is 40.5 Å². The summed E-state index contributed by atoms with van der Waals surface area (Å²) in [6, 6.07) is 5.59. The zero-order valence-corrected chi connectivity index (χ0v) is 6.57. The highest BCUT2D eigenvalue weighted by atomic mass is 19.1. The molecule has 2 nitrogen and oxygen atoms in total. The van der Waals surface area contributed by atoms with Crippen LogP contribution in [-0.2, 0) is 0 Å². The molecule has 0 saturated carbocycles. The number of hydrogen-bond acceptors (Lipinski definition) is 2. The third-order valence-corrected chi connectivity index (χ3v) is 1.66. The van der Waals surface area contributed by atoms with Crippen molar-refractivity contribution in [1.82, 2.24) is 0 Å². The fourth-order valence-electron chi connectivity index (χ4n) is 0.974. The molecule has 1 atom stereocenters. The maximum Gasteiger partial charge on any atom is 0.123 e. The van der Waals surface area contributed by atoms with Crippen LogP contribution >= 0.6 is 0 Å². The van der Waals surface area contributed by atoms with Crippen LogP contribution in [-0.4, -0.2) is 16.8 Å². The van der Waals surface area contributed by atoms with Crippen LogP contribution in [0.4, 0.5) is 4.39 Å². The molecule has 0 heterocycles. The van der Waals surface area contributed by atoms with Crippen molar-refractivity contribution in [2.45, 2.75) is 12.5 Å². The number of benzene rings is 1. The van der Waals surface area contributed by atoms with Gasteiger partial charge in [-0.1, -0.05) is 12.1 Å². The Morgan fingerprint density at radius 1 is 1.25 bits per heavy atom. The van der Waals surface area contributed by atoms with Crippen LogP contribution in [0.15, 0.2) is 24.3 Å². The van der Waals surface area contributed by atoms with Gasteiger partial charge < -0.3 is 10.2 Å². The van der Waals surface area contributed by atoms with Crippen LogP contribution in [0.3, 0.4) is 0 Å². The zero-order chi connectivity index (χ0) is 8.97. The van der Waals surface area contributed by atoms with Crippen molar-refractivity contribution in [3.05, 3.63) is 35.6 Å². The predicted molar refractivity (Wildman–Crippen MR) is 43.1 cm³/mol. The molecule has 1 aromatic carbocycles. The van der Waals surface area contributed by atoms with Gasteiger partial charge in [0.25, 0.3) is 0 Å². The Morgan fingerprint density at radius 3 is 2.33 bits per heavy atom. The van der Waals surface area contributed by atoms with Gasteiger partial charge in [0.2, 0.25) is 0 Å². The molecule has 2 N–H and O–H groups in total. The molecular weight excluding hydrogens is 159 g/mol. The first-order chi connectivity index (χ1) is 5.74. The third kappa shape index (κ3) is 2.29. The molecule has 0 spiro atoms. The summed E-state index contributed by atoms with van der Waals surface area (Å²) in [7, 11) is 0. The minimum atomic E-state index is -0.699. The minimum absolute atomic E-state index is 0.0709. The Labute approximate surface area is 70.3 Å². The van der Waals surface area contributed by atoms with E-state index in [0.29, 0.717) is 5.56 Å². The summed E-state index contributed by atoms with van der Waals surface area (Å²) in [5, 5.41) is 17.8. The Morgan fingerprint density at radius 2 is 1.83 bits per heavy atom. The van der Waals surface area contributed by atoms with Gasteiger partial charge >= 0.3 is 0 Å². The lowest BCUT2D eigenvalue weighted by Gasteiger charge is -2.07. The van der Waals surface area contributed by atoms with Crippen molar-refractivity contribution >= 4 is 0 Å². The van der Waals surface area contributed by atoms with Gasteiger partial charge in [-0.25, -0.2) is 4.39 Å². The third-order valence-electron chi connectivity index (χ3n) is 1.66. The Balaban J connectivity index is 2.68. The van der Waals surface area contributed by atoms with Gasteiger partial charge in [-0.3, -0.25) is 0 Å². The quantitative estimate of drug-likeness (QED) is 0.716. The number of halogens is 1. The van der Waals surface area contributed by atoms with Gasteiger partial charge in [-0.15, -0.1) is 0 Å². The molecule has 1 rings (SSSR count). The van der Waals surface area contributed by atoms with Crippen LogP contribution in [0.25, 0.3) is 0 Å². The van der Waals surface area contributed by atoms with Gasteiger partial charge in [-0.2, -0.15) is 0 Å². The number of aliphatic hydroxyl groups excluding tert-OH is 2. The van der Waals surface area contributed by atoms with E-state index in [-0.39, 0.29) is 18.8 Å². The van der Waals surface area contributed by atoms with Gasteiger partial charge in [0.05, 0.1) is 6.10 Å². The van der Waals surface area contributed by atoms with Crippen LogP contribution < -0.4 is 0 Å². The van der Waals surface area contributed by atoms with E-state index in [2.05, 4.69) is 0 Å². The lowest BCUT2D eigenvalue weighted by Crippen LogP contribution is -1.99. The van der Waals surface area contributed by atoms with Crippen molar-refractivity contribution in [3.63, 3.8) is 0 Å². The van der Waals surface area contributed by atoms with E-state index in [1.807, 2.05) is 0 Å². The lowest BCUT2D eigenvalue weighted by molar-refractivity contribution is 0.134. The maximum atomic E-state index is 12.4. The number of hydrogen-bond donors (Lipinski definition) is 2. The normalized spacial score (nSPS) is 12.9. The average molecular weight is 170 g/mol. The highest BCUT2D eigenvalue weighted by molar-refractivity contribution is 5.18. The first-order valence-electron chi connectivity index (χ1n) is 3.78. The molecule has 3 heteroatoms. The smallest absolute Gasteiger partial charge is 0.123 e. The molecule has 0 unspecified atom stereocenters. The summed E-state index contributed by atoms with van der Waals surface area (Å²) < 4.78 is 12.4. The predicted octanol–water partition coefficient (Wildman–Crippen LogP) is 1.24. The molecule has 0 aliphatic carbocycles. The summed E-state index contributed by atoms with van der Waals surface area (Å²) in [6.07, 6.45) is -0.415. The van der Waals surface area contributed by atoms with E-state index in [4.69, 9.17) is 5.11 Å². The number of aliphatic hydroxyl groups is 2. The minimum Gasteiger partial charge on any atom is -0.396 e. The molecule has 1 aromatic rings. The van der Waals surface area contributed by atoms with E-state index in [1.54, 1.807) is 0 Å². The lowest BCUT2D eigenvalue weighted by atomic mass is 10.1. The highest BCUT2D eigenvalue weighted by Crippen LogP contribution is 2.15. The molecule has 0 bridgehead atoms. The molecule has 0 aliphatic rings. The first-order valence-corrected chi connectivity index (χ1v) is 3.78. The molecule has 12 heavy (non-hydrogen) atoms. The summed E-state index contributed by atoms with van der Waals surface area (Å²) in [6.45, 7) is -0.0709. The van der Waals surface area contributed by atoms with E-state index >= 15 is 0 Å². The molecule has 0 saturated heterocycles. The van der Waals surface area contributed by atoms with Gasteiger partial charge in [0.15, 0.2) is 0 Å². The summed E-state index contributed by atoms with van der Waals surface area (Å²) in [4.78, 5) is 0. The fourth-order valence-corrected chi connectivity index (χ4v) is 0.974. The average Bonchev–Trinajstić information content (AvgIpc) is 2.06. The van der Waals surface area contributed by atoms with Crippen molar-refractivity contribution in [3.8, 4) is 0 Å². The molecule has 0 fully saturated rings. The molecule has 0 amide bonds. The van der Waals surface area contributed by atoms with Crippen LogP contribution in [0.2, 0.25) is 0 Å². The number of rotatable bonds is 3. The maximum absolute atomic E-state index is 12.4. The summed E-state index contributed by atoms with van der Waals surface area (Å²) >= 11 is 0. The standard InChI is InChI=1S/C9H11FO2/c10-8-3-1-7(2-4-8)9(12)5-6-11/h1-4,9,11-12H,5-6H2/t9-/m0/s1. The Kier molecular flexibility index (Phi) is 3.19. The van der Waals surface area contributed by atoms with Crippen LogP contribution in [0.5, 0.6) is 0 Å². The molecule has 0 radical (unpaired) electrons. The Hall–Kier alpha value is -0.930. The highest BCUT2D eigenvalue weighted by Gasteiger charge is 2.05. The second kappa shape index (κ2) is 4.18. The fraction of sp³-hybridized carbons (Fsp3) is 0.333. The molecular formula is C9H11FO2. The summed E-state index contributed by atoms with van der Waals surface area (Å²) in [5.41, 5.74) is 0.630. The van der Waals surface area contributed by atoms with Crippen molar-refractivity contribution in [2.24, 2.45) is 0 Å². The van der Waals surface area contributed by atoms with E-state index < -0.39 is 6.10 Å². The van der Waals surface area contributed by atoms with E-state index in [1.165, 1.54) is 24.3 Å². The van der Waals surface area contributed by atoms with Crippen LogP contribution in [0, 0.1) is 5.82 Å². The van der Waals surface area contributed by atoms with Gasteiger partial charge in [0.1, 0.15) is 5.82 Å². The monoisotopic (exact) mass is 170 g/mol.